The van der Waals surface area contributed by atoms with Gasteiger partial charge >= 0.3 is 11.9 Å². The van der Waals surface area contributed by atoms with Gasteiger partial charge in [0.05, 0.1) is 24.5 Å². The molecule has 164 valence electrons. The van der Waals surface area contributed by atoms with Crippen LogP contribution in [0.1, 0.15) is 62.5 Å². The Kier molecular flexibility index (Phi) is 6.74. The first-order valence-electron chi connectivity index (χ1n) is 9.97. The predicted octanol–water partition coefficient (Wildman–Crippen LogP) is 4.25. The number of fused-ring (bicyclic) bond motifs is 1. The molecule has 0 aromatic carbocycles. The molecule has 0 saturated heterocycles. The van der Waals surface area contributed by atoms with Gasteiger partial charge in [0, 0.05) is 6.20 Å². The maximum absolute atomic E-state index is 13.1. The number of esters is 2. The van der Waals surface area contributed by atoms with Crippen LogP contribution in [-0.2, 0) is 9.47 Å². The molecule has 8 nitrogen and oxygen atoms in total. The van der Waals surface area contributed by atoms with Gasteiger partial charge in [0.2, 0.25) is 0 Å². The van der Waals surface area contributed by atoms with Crippen LogP contribution in [0.5, 0.6) is 0 Å². The van der Waals surface area contributed by atoms with Crippen LogP contribution in [0.3, 0.4) is 0 Å². The number of thiophene rings is 1. The fourth-order valence-electron chi connectivity index (χ4n) is 3.10. The Bertz CT molecular complexity index is 1150. The lowest BCUT2D eigenvalue weighted by molar-refractivity contribution is 0.0464. The molecule has 0 aliphatic rings. The number of anilines is 1. The summed E-state index contributed by atoms with van der Waals surface area (Å²) in [5.41, 5.74) is 2.10. The monoisotopic (exact) mass is 443 g/mol. The topological polar surface area (TPSA) is 99.0 Å². The van der Waals surface area contributed by atoms with E-state index in [4.69, 9.17) is 9.47 Å². The van der Waals surface area contributed by atoms with E-state index in [9.17, 15) is 14.4 Å². The van der Waals surface area contributed by atoms with Crippen molar-refractivity contribution in [3.05, 3.63) is 51.8 Å². The number of rotatable bonds is 7. The molecule has 1 amide bonds. The molecule has 1 N–H and O–H groups in total. The summed E-state index contributed by atoms with van der Waals surface area (Å²) in [5.74, 6) is -1.41. The van der Waals surface area contributed by atoms with E-state index in [1.807, 2.05) is 19.9 Å². The number of aromatic nitrogens is 2. The molecule has 3 heterocycles. The van der Waals surface area contributed by atoms with Crippen LogP contribution in [0.15, 0.2) is 24.4 Å². The second kappa shape index (κ2) is 9.30. The molecule has 0 unspecified atom stereocenters. The van der Waals surface area contributed by atoms with Crippen LogP contribution in [0.4, 0.5) is 5.00 Å². The average molecular weight is 444 g/mol. The van der Waals surface area contributed by atoms with E-state index in [0.717, 1.165) is 11.3 Å². The lowest BCUT2D eigenvalue weighted by atomic mass is 10.1. The summed E-state index contributed by atoms with van der Waals surface area (Å²) in [4.78, 5) is 42.9. The number of hydrogen-bond donors (Lipinski definition) is 1. The molecule has 3 aromatic rings. The van der Waals surface area contributed by atoms with Gasteiger partial charge in [-0.2, -0.15) is 0 Å². The van der Waals surface area contributed by atoms with E-state index in [1.54, 1.807) is 43.5 Å². The fraction of sp³-hybridized carbons (Fsp3) is 0.364. The molecular formula is C22H25N3O5S. The van der Waals surface area contributed by atoms with Crippen molar-refractivity contribution >= 4 is 39.8 Å². The van der Waals surface area contributed by atoms with E-state index in [1.165, 1.54) is 0 Å². The summed E-state index contributed by atoms with van der Waals surface area (Å²) in [5, 5.41) is 3.01. The minimum absolute atomic E-state index is 0.156. The molecule has 0 spiro atoms. The third-order valence-corrected chi connectivity index (χ3v) is 5.69. The molecule has 9 heteroatoms. The minimum atomic E-state index is -0.607. The highest BCUT2D eigenvalue weighted by Crippen LogP contribution is 2.35. The van der Waals surface area contributed by atoms with Crippen molar-refractivity contribution in [2.75, 3.05) is 18.5 Å². The normalized spacial score (nSPS) is 11.0. The summed E-state index contributed by atoms with van der Waals surface area (Å²) in [6.07, 6.45) is 1.74. The zero-order chi connectivity index (χ0) is 22.7. The van der Waals surface area contributed by atoms with Crippen molar-refractivity contribution in [3.63, 3.8) is 0 Å². The lowest BCUT2D eigenvalue weighted by Gasteiger charge is -2.08. The first-order chi connectivity index (χ1) is 14.7. The molecule has 3 aromatic heterocycles. The van der Waals surface area contributed by atoms with Crippen molar-refractivity contribution in [1.29, 1.82) is 0 Å². The van der Waals surface area contributed by atoms with Crippen LogP contribution in [0.25, 0.3) is 5.65 Å². The third kappa shape index (κ3) is 4.61. The summed E-state index contributed by atoms with van der Waals surface area (Å²) >= 11 is 1.000. The van der Waals surface area contributed by atoms with Gasteiger partial charge in [0.1, 0.15) is 21.2 Å². The number of imidazole rings is 1. The van der Waals surface area contributed by atoms with Crippen molar-refractivity contribution in [1.82, 2.24) is 9.38 Å². The van der Waals surface area contributed by atoms with Gasteiger partial charge in [-0.15, -0.1) is 11.3 Å². The average Bonchev–Trinajstić information content (AvgIpc) is 3.22. The number of aryl methyl sites for hydroxylation is 1. The molecule has 0 atom stereocenters. The zero-order valence-electron chi connectivity index (χ0n) is 18.1. The second-order valence-corrected chi connectivity index (χ2v) is 8.42. The molecule has 0 bridgehead atoms. The second-order valence-electron chi connectivity index (χ2n) is 7.40. The van der Waals surface area contributed by atoms with Gasteiger partial charge in [-0.3, -0.25) is 9.20 Å². The van der Waals surface area contributed by atoms with E-state index in [-0.39, 0.29) is 34.6 Å². The van der Waals surface area contributed by atoms with Crippen molar-refractivity contribution in [3.8, 4) is 0 Å². The van der Waals surface area contributed by atoms with Gasteiger partial charge in [0.25, 0.3) is 5.91 Å². The lowest BCUT2D eigenvalue weighted by Crippen LogP contribution is -2.17. The number of ether oxygens (including phenoxy) is 2. The number of nitrogens with zero attached hydrogens (tertiary/aromatic N) is 2. The Balaban J connectivity index is 1.99. The largest absolute Gasteiger partial charge is 0.462 e. The number of hydrogen-bond acceptors (Lipinski definition) is 7. The first kappa shape index (κ1) is 22.5. The Morgan fingerprint density at radius 2 is 1.90 bits per heavy atom. The molecule has 0 aliphatic heterocycles. The van der Waals surface area contributed by atoms with Crippen molar-refractivity contribution < 1.29 is 23.9 Å². The Morgan fingerprint density at radius 3 is 2.58 bits per heavy atom. The number of amides is 1. The Morgan fingerprint density at radius 1 is 1.16 bits per heavy atom. The van der Waals surface area contributed by atoms with Gasteiger partial charge in [-0.1, -0.05) is 19.9 Å². The Hall–Kier alpha value is -3.20. The van der Waals surface area contributed by atoms with Crippen LogP contribution in [0.2, 0.25) is 0 Å². The number of nitrogens with one attached hydrogen (secondary N) is 1. The highest BCUT2D eigenvalue weighted by molar-refractivity contribution is 7.18. The van der Waals surface area contributed by atoms with Crippen LogP contribution in [0, 0.1) is 19.8 Å². The van der Waals surface area contributed by atoms with Crippen LogP contribution < -0.4 is 5.32 Å². The maximum Gasteiger partial charge on any atom is 0.348 e. The van der Waals surface area contributed by atoms with E-state index >= 15 is 0 Å². The van der Waals surface area contributed by atoms with Crippen molar-refractivity contribution in [2.24, 2.45) is 5.92 Å². The molecular weight excluding hydrogens is 418 g/mol. The molecule has 0 saturated carbocycles. The first-order valence-corrected chi connectivity index (χ1v) is 10.8. The van der Waals surface area contributed by atoms with Crippen LogP contribution in [-0.4, -0.2) is 40.4 Å². The molecule has 0 radical (unpaired) electrons. The van der Waals surface area contributed by atoms with Crippen LogP contribution >= 0.6 is 11.3 Å². The third-order valence-electron chi connectivity index (χ3n) is 4.51. The minimum Gasteiger partial charge on any atom is -0.462 e. The Labute approximate surface area is 184 Å². The number of carbonyl (C=O) groups is 3. The maximum atomic E-state index is 13.1. The highest BCUT2D eigenvalue weighted by Gasteiger charge is 2.28. The van der Waals surface area contributed by atoms with Gasteiger partial charge < -0.3 is 14.8 Å². The molecule has 3 rings (SSSR count). The van der Waals surface area contributed by atoms with Gasteiger partial charge in [-0.05, 0) is 44.4 Å². The van der Waals surface area contributed by atoms with Gasteiger partial charge in [-0.25, -0.2) is 14.6 Å². The quantitative estimate of drug-likeness (QED) is 0.548. The summed E-state index contributed by atoms with van der Waals surface area (Å²) in [7, 11) is 0. The van der Waals surface area contributed by atoms with E-state index in [0.29, 0.717) is 22.6 Å². The molecule has 31 heavy (non-hydrogen) atoms. The highest BCUT2D eigenvalue weighted by atomic mass is 32.1. The predicted molar refractivity (Wildman–Crippen MR) is 118 cm³/mol. The molecule has 0 aliphatic carbocycles. The van der Waals surface area contributed by atoms with Gasteiger partial charge in [0.15, 0.2) is 0 Å². The summed E-state index contributed by atoms with van der Waals surface area (Å²) < 4.78 is 12.2. The van der Waals surface area contributed by atoms with E-state index in [2.05, 4.69) is 10.3 Å². The molecule has 0 fully saturated rings. The van der Waals surface area contributed by atoms with E-state index < -0.39 is 17.8 Å². The zero-order valence-corrected chi connectivity index (χ0v) is 19.0. The number of carbonyl (C=O) groups excluding carboxylic acids is 3. The summed E-state index contributed by atoms with van der Waals surface area (Å²) in [6.45, 7) is 9.36. The SMILES string of the molecule is CCOC(=O)c1c(NC(=O)c2c(C)nc3ccccn23)sc(C(=O)OCC(C)C)c1C. The standard InChI is InChI=1S/C22H25N3O5S/c1-6-29-21(27)16-13(4)18(22(28)30-11-12(2)3)31-20(16)24-19(26)17-14(5)23-15-9-7-8-10-25(15)17/h7-10,12H,6,11H2,1-5H3,(H,24,26). The number of pyridine rings is 1. The van der Waals surface area contributed by atoms with Crippen molar-refractivity contribution in [2.45, 2.75) is 34.6 Å². The fourth-order valence-corrected chi connectivity index (χ4v) is 4.19. The summed E-state index contributed by atoms with van der Waals surface area (Å²) in [6, 6.07) is 5.43. The smallest absolute Gasteiger partial charge is 0.348 e.